The standard InChI is InChI=1S/C14H17BrN2O/c1-2-17-10-12(9-16-17)8-14(18)7-11-4-3-5-13(15)6-11/h3-6,9-10,14,18H,2,7-8H2,1H3. The zero-order valence-corrected chi connectivity index (χ0v) is 12.0. The summed E-state index contributed by atoms with van der Waals surface area (Å²) in [5.74, 6) is 0. The van der Waals surface area contributed by atoms with Gasteiger partial charge in [0.15, 0.2) is 0 Å². The van der Waals surface area contributed by atoms with Crippen LogP contribution in [0, 0.1) is 0 Å². The summed E-state index contributed by atoms with van der Waals surface area (Å²) in [6.07, 6.45) is 4.76. The van der Waals surface area contributed by atoms with Gasteiger partial charge in [-0.05, 0) is 36.6 Å². The molecule has 96 valence electrons. The summed E-state index contributed by atoms with van der Waals surface area (Å²) in [5.41, 5.74) is 2.22. The van der Waals surface area contributed by atoms with Gasteiger partial charge in [-0.2, -0.15) is 5.10 Å². The molecule has 0 saturated carbocycles. The molecule has 0 saturated heterocycles. The van der Waals surface area contributed by atoms with Crippen LogP contribution in [-0.2, 0) is 19.4 Å². The second-order valence-electron chi connectivity index (χ2n) is 4.40. The third-order valence-corrected chi connectivity index (χ3v) is 3.34. The Hall–Kier alpha value is -1.13. The number of aliphatic hydroxyl groups is 1. The van der Waals surface area contributed by atoms with Gasteiger partial charge in [-0.3, -0.25) is 4.68 Å². The fourth-order valence-corrected chi connectivity index (χ4v) is 2.41. The highest BCUT2D eigenvalue weighted by Crippen LogP contribution is 2.14. The Balaban J connectivity index is 1.94. The van der Waals surface area contributed by atoms with Crippen molar-refractivity contribution in [3.8, 4) is 0 Å². The maximum Gasteiger partial charge on any atom is 0.0622 e. The molecule has 0 radical (unpaired) electrons. The summed E-state index contributed by atoms with van der Waals surface area (Å²) in [7, 11) is 0. The minimum absolute atomic E-state index is 0.367. The number of halogens is 1. The predicted octanol–water partition coefficient (Wildman–Crippen LogP) is 2.81. The van der Waals surface area contributed by atoms with Crippen molar-refractivity contribution in [2.75, 3.05) is 0 Å². The van der Waals surface area contributed by atoms with Crippen molar-refractivity contribution in [2.45, 2.75) is 32.4 Å². The van der Waals surface area contributed by atoms with Crippen molar-refractivity contribution in [3.63, 3.8) is 0 Å². The Kier molecular flexibility index (Phi) is 4.55. The highest BCUT2D eigenvalue weighted by atomic mass is 79.9. The molecule has 1 aromatic carbocycles. The van der Waals surface area contributed by atoms with Crippen molar-refractivity contribution in [1.82, 2.24) is 9.78 Å². The molecule has 2 rings (SSSR count). The summed E-state index contributed by atoms with van der Waals surface area (Å²) in [6.45, 7) is 2.91. The first-order chi connectivity index (χ1) is 8.67. The molecule has 4 heteroatoms. The van der Waals surface area contributed by atoms with Crippen molar-refractivity contribution >= 4 is 15.9 Å². The highest BCUT2D eigenvalue weighted by Gasteiger charge is 2.08. The Morgan fingerprint density at radius 3 is 2.78 bits per heavy atom. The van der Waals surface area contributed by atoms with Gasteiger partial charge in [0, 0.05) is 23.6 Å². The summed E-state index contributed by atoms with van der Waals surface area (Å²) in [5, 5.41) is 14.3. The van der Waals surface area contributed by atoms with Crippen molar-refractivity contribution < 1.29 is 5.11 Å². The van der Waals surface area contributed by atoms with Gasteiger partial charge < -0.3 is 5.11 Å². The van der Waals surface area contributed by atoms with Gasteiger partial charge in [0.1, 0.15) is 0 Å². The van der Waals surface area contributed by atoms with E-state index in [2.05, 4.69) is 28.0 Å². The van der Waals surface area contributed by atoms with Gasteiger partial charge in [-0.1, -0.05) is 28.1 Å². The number of aryl methyl sites for hydroxylation is 1. The smallest absolute Gasteiger partial charge is 0.0622 e. The van der Waals surface area contributed by atoms with Gasteiger partial charge in [-0.25, -0.2) is 0 Å². The first-order valence-electron chi connectivity index (χ1n) is 6.11. The number of rotatable bonds is 5. The summed E-state index contributed by atoms with van der Waals surface area (Å²) < 4.78 is 2.92. The van der Waals surface area contributed by atoms with Crippen LogP contribution in [0.4, 0.5) is 0 Å². The second kappa shape index (κ2) is 6.16. The molecule has 1 aromatic heterocycles. The summed E-state index contributed by atoms with van der Waals surface area (Å²) in [4.78, 5) is 0. The topological polar surface area (TPSA) is 38.0 Å². The minimum Gasteiger partial charge on any atom is -0.392 e. The number of aromatic nitrogens is 2. The lowest BCUT2D eigenvalue weighted by molar-refractivity contribution is 0.175. The third kappa shape index (κ3) is 3.68. The van der Waals surface area contributed by atoms with E-state index in [9.17, 15) is 5.11 Å². The lowest BCUT2D eigenvalue weighted by Crippen LogP contribution is -2.13. The van der Waals surface area contributed by atoms with E-state index in [1.165, 1.54) is 0 Å². The van der Waals surface area contributed by atoms with Crippen molar-refractivity contribution in [1.29, 1.82) is 0 Å². The minimum atomic E-state index is -0.367. The molecule has 0 amide bonds. The van der Waals surface area contributed by atoms with Crippen LogP contribution in [0.3, 0.4) is 0 Å². The SMILES string of the molecule is CCn1cc(CC(O)Cc2cccc(Br)c2)cn1. The first-order valence-corrected chi connectivity index (χ1v) is 6.90. The first kappa shape index (κ1) is 13.3. The average molecular weight is 309 g/mol. The highest BCUT2D eigenvalue weighted by molar-refractivity contribution is 9.10. The second-order valence-corrected chi connectivity index (χ2v) is 5.31. The predicted molar refractivity (Wildman–Crippen MR) is 75.5 cm³/mol. The van der Waals surface area contributed by atoms with Crippen LogP contribution >= 0.6 is 15.9 Å². The summed E-state index contributed by atoms with van der Waals surface area (Å²) >= 11 is 3.44. The van der Waals surface area contributed by atoms with Gasteiger partial charge in [0.25, 0.3) is 0 Å². The molecule has 1 atom stereocenters. The van der Waals surface area contributed by atoms with Crippen LogP contribution in [0.1, 0.15) is 18.1 Å². The molecular weight excluding hydrogens is 292 g/mol. The van der Waals surface area contributed by atoms with Crippen LogP contribution in [0.5, 0.6) is 0 Å². The zero-order valence-electron chi connectivity index (χ0n) is 10.4. The molecule has 0 aliphatic carbocycles. The third-order valence-electron chi connectivity index (χ3n) is 2.84. The van der Waals surface area contributed by atoms with Crippen LogP contribution in [0.15, 0.2) is 41.1 Å². The molecule has 3 nitrogen and oxygen atoms in total. The number of benzene rings is 1. The number of nitrogens with zero attached hydrogens (tertiary/aromatic N) is 2. The van der Waals surface area contributed by atoms with E-state index in [1.807, 2.05) is 41.3 Å². The van der Waals surface area contributed by atoms with E-state index in [-0.39, 0.29) is 6.10 Å². The van der Waals surface area contributed by atoms with E-state index in [4.69, 9.17) is 0 Å². The molecule has 1 unspecified atom stereocenters. The molecule has 1 heterocycles. The maximum absolute atomic E-state index is 10.1. The number of hydrogen-bond donors (Lipinski definition) is 1. The van der Waals surface area contributed by atoms with Crippen LogP contribution < -0.4 is 0 Å². The van der Waals surface area contributed by atoms with Crippen molar-refractivity contribution in [2.24, 2.45) is 0 Å². The Morgan fingerprint density at radius 1 is 1.33 bits per heavy atom. The lowest BCUT2D eigenvalue weighted by atomic mass is 10.0. The molecule has 2 aromatic rings. The van der Waals surface area contributed by atoms with Crippen molar-refractivity contribution in [3.05, 3.63) is 52.3 Å². The van der Waals surface area contributed by atoms with Gasteiger partial charge in [0.05, 0.1) is 12.3 Å². The fourth-order valence-electron chi connectivity index (χ4n) is 1.96. The van der Waals surface area contributed by atoms with Crippen LogP contribution in [-0.4, -0.2) is 21.0 Å². The molecule has 0 bridgehead atoms. The van der Waals surface area contributed by atoms with E-state index in [0.717, 1.165) is 22.1 Å². The van der Waals surface area contributed by atoms with Gasteiger partial charge in [-0.15, -0.1) is 0 Å². The van der Waals surface area contributed by atoms with Crippen LogP contribution in [0.2, 0.25) is 0 Å². The largest absolute Gasteiger partial charge is 0.392 e. The average Bonchev–Trinajstić information content (AvgIpc) is 2.76. The Bertz CT molecular complexity index is 510. The van der Waals surface area contributed by atoms with E-state index in [1.54, 1.807) is 0 Å². The van der Waals surface area contributed by atoms with Crippen LogP contribution in [0.25, 0.3) is 0 Å². The molecule has 0 fully saturated rings. The molecule has 1 N–H and O–H groups in total. The molecular formula is C14H17BrN2O. The zero-order chi connectivity index (χ0) is 13.0. The number of hydrogen-bond acceptors (Lipinski definition) is 2. The van der Waals surface area contributed by atoms with E-state index in [0.29, 0.717) is 12.8 Å². The normalized spacial score (nSPS) is 12.6. The van der Waals surface area contributed by atoms with Gasteiger partial charge >= 0.3 is 0 Å². The van der Waals surface area contributed by atoms with Gasteiger partial charge in [0.2, 0.25) is 0 Å². The molecule has 0 aliphatic heterocycles. The maximum atomic E-state index is 10.1. The summed E-state index contributed by atoms with van der Waals surface area (Å²) in [6, 6.07) is 8.05. The number of aliphatic hydroxyl groups excluding tert-OH is 1. The van der Waals surface area contributed by atoms with E-state index >= 15 is 0 Å². The fraction of sp³-hybridized carbons (Fsp3) is 0.357. The molecule has 0 aliphatic rings. The Labute approximate surface area is 116 Å². The molecule has 0 spiro atoms. The van der Waals surface area contributed by atoms with E-state index < -0.39 is 0 Å². The monoisotopic (exact) mass is 308 g/mol. The molecule has 18 heavy (non-hydrogen) atoms. The quantitative estimate of drug-likeness (QED) is 0.922. The Morgan fingerprint density at radius 2 is 2.11 bits per heavy atom. The lowest BCUT2D eigenvalue weighted by Gasteiger charge is -2.09.